The molecule has 0 bridgehead atoms. The zero-order valence-corrected chi connectivity index (χ0v) is 6.95. The van der Waals surface area contributed by atoms with E-state index in [9.17, 15) is 5.11 Å². The molecule has 1 saturated heterocycles. The smallest absolute Gasteiger partial charge is 0.107 e. The molecule has 1 fully saturated rings. The topological polar surface area (TPSA) is 23.5 Å². The highest BCUT2D eigenvalue weighted by Gasteiger charge is 2.28. The van der Waals surface area contributed by atoms with Crippen LogP contribution in [0.25, 0.3) is 0 Å². The number of rotatable bonds is 2. The van der Waals surface area contributed by atoms with Crippen molar-refractivity contribution in [2.24, 2.45) is 5.92 Å². The second-order valence-corrected chi connectivity index (χ2v) is 3.23. The SMILES string of the molecule is C=CN1CC(C)CC1C(=C)O. The Morgan fingerprint density at radius 3 is 2.73 bits per heavy atom. The van der Waals surface area contributed by atoms with E-state index >= 15 is 0 Å². The molecule has 0 radical (unpaired) electrons. The van der Waals surface area contributed by atoms with Gasteiger partial charge in [0.05, 0.1) is 6.04 Å². The van der Waals surface area contributed by atoms with Crippen LogP contribution in [0, 0.1) is 5.92 Å². The van der Waals surface area contributed by atoms with Crippen molar-refractivity contribution in [3.8, 4) is 0 Å². The molecule has 0 saturated carbocycles. The number of aliphatic hydroxyl groups is 1. The quantitative estimate of drug-likeness (QED) is 0.612. The second kappa shape index (κ2) is 2.99. The van der Waals surface area contributed by atoms with Gasteiger partial charge < -0.3 is 10.0 Å². The monoisotopic (exact) mass is 153 g/mol. The zero-order chi connectivity index (χ0) is 8.43. The number of hydrogen-bond donors (Lipinski definition) is 1. The lowest BCUT2D eigenvalue weighted by molar-refractivity contribution is 0.279. The van der Waals surface area contributed by atoms with Gasteiger partial charge in [-0.3, -0.25) is 0 Å². The van der Waals surface area contributed by atoms with Crippen LogP contribution >= 0.6 is 0 Å². The number of aliphatic hydroxyl groups excluding tert-OH is 1. The van der Waals surface area contributed by atoms with Crippen molar-refractivity contribution in [2.45, 2.75) is 19.4 Å². The molecule has 62 valence electrons. The van der Waals surface area contributed by atoms with Crippen LogP contribution in [0.15, 0.2) is 25.1 Å². The van der Waals surface area contributed by atoms with Gasteiger partial charge in [0.15, 0.2) is 0 Å². The average Bonchev–Trinajstić information content (AvgIpc) is 2.30. The Morgan fingerprint density at radius 2 is 2.36 bits per heavy atom. The van der Waals surface area contributed by atoms with E-state index in [2.05, 4.69) is 20.1 Å². The molecular formula is C9H15NO. The van der Waals surface area contributed by atoms with Crippen molar-refractivity contribution in [3.63, 3.8) is 0 Å². The van der Waals surface area contributed by atoms with Crippen LogP contribution < -0.4 is 0 Å². The third-order valence-electron chi connectivity index (χ3n) is 2.17. The molecule has 0 aromatic heterocycles. The van der Waals surface area contributed by atoms with Gasteiger partial charge in [0, 0.05) is 6.54 Å². The molecule has 1 aliphatic rings. The van der Waals surface area contributed by atoms with Crippen molar-refractivity contribution in [2.75, 3.05) is 6.54 Å². The molecule has 1 aliphatic heterocycles. The van der Waals surface area contributed by atoms with Crippen molar-refractivity contribution in [1.29, 1.82) is 0 Å². The first-order valence-corrected chi connectivity index (χ1v) is 3.91. The first-order valence-electron chi connectivity index (χ1n) is 3.91. The van der Waals surface area contributed by atoms with Crippen LogP contribution in [0.5, 0.6) is 0 Å². The Labute approximate surface area is 67.8 Å². The second-order valence-electron chi connectivity index (χ2n) is 3.23. The molecule has 1 N–H and O–H groups in total. The molecule has 2 atom stereocenters. The molecule has 1 heterocycles. The maximum absolute atomic E-state index is 9.19. The van der Waals surface area contributed by atoms with Crippen molar-refractivity contribution in [3.05, 3.63) is 25.1 Å². The van der Waals surface area contributed by atoms with E-state index in [1.54, 1.807) is 6.20 Å². The van der Waals surface area contributed by atoms with Gasteiger partial charge in [-0.05, 0) is 18.5 Å². The molecule has 11 heavy (non-hydrogen) atoms. The Bertz CT molecular complexity index is 176. The lowest BCUT2D eigenvalue weighted by atomic mass is 10.1. The first-order chi connectivity index (χ1) is 5.15. The van der Waals surface area contributed by atoms with Gasteiger partial charge in [-0.25, -0.2) is 0 Å². The molecule has 1 rings (SSSR count). The predicted octanol–water partition coefficient (Wildman–Crippen LogP) is 1.91. The van der Waals surface area contributed by atoms with E-state index in [1.807, 2.05) is 4.90 Å². The molecule has 0 aliphatic carbocycles. The van der Waals surface area contributed by atoms with Gasteiger partial charge in [0.2, 0.25) is 0 Å². The van der Waals surface area contributed by atoms with E-state index in [4.69, 9.17) is 0 Å². The molecule has 0 spiro atoms. The minimum absolute atomic E-state index is 0.0995. The highest BCUT2D eigenvalue weighted by molar-refractivity contribution is 5.03. The third-order valence-corrected chi connectivity index (χ3v) is 2.17. The lowest BCUT2D eigenvalue weighted by Gasteiger charge is -2.20. The summed E-state index contributed by atoms with van der Waals surface area (Å²) >= 11 is 0. The fourth-order valence-electron chi connectivity index (χ4n) is 1.61. The van der Waals surface area contributed by atoms with Gasteiger partial charge in [0.25, 0.3) is 0 Å². The largest absolute Gasteiger partial charge is 0.511 e. The van der Waals surface area contributed by atoms with Crippen LogP contribution in [0.3, 0.4) is 0 Å². The van der Waals surface area contributed by atoms with Gasteiger partial charge in [0.1, 0.15) is 5.76 Å². The van der Waals surface area contributed by atoms with Gasteiger partial charge in [-0.15, -0.1) is 0 Å². The lowest BCUT2D eigenvalue weighted by Crippen LogP contribution is -2.24. The van der Waals surface area contributed by atoms with E-state index in [1.165, 1.54) is 0 Å². The summed E-state index contributed by atoms with van der Waals surface area (Å²) in [5.74, 6) is 0.885. The summed E-state index contributed by atoms with van der Waals surface area (Å²) in [5.41, 5.74) is 0. The molecule has 0 aromatic rings. The molecule has 0 aromatic carbocycles. The zero-order valence-electron chi connectivity index (χ0n) is 6.95. The fourth-order valence-corrected chi connectivity index (χ4v) is 1.61. The standard InChI is InChI=1S/C9H15NO/c1-4-10-6-7(2)5-9(10)8(3)11/h4,7,9,11H,1,3,5-6H2,2H3. The Hall–Kier alpha value is -0.920. The highest BCUT2D eigenvalue weighted by atomic mass is 16.3. The molecule has 2 unspecified atom stereocenters. The third kappa shape index (κ3) is 1.56. The predicted molar refractivity (Wildman–Crippen MR) is 46.2 cm³/mol. The highest BCUT2D eigenvalue weighted by Crippen LogP contribution is 2.25. The van der Waals surface area contributed by atoms with E-state index < -0.39 is 0 Å². The summed E-state index contributed by atoms with van der Waals surface area (Å²) in [5, 5.41) is 9.19. The maximum atomic E-state index is 9.19. The molecule has 0 amide bonds. The minimum Gasteiger partial charge on any atom is -0.511 e. The normalized spacial score (nSPS) is 30.5. The first kappa shape index (κ1) is 8.18. The number of likely N-dealkylation sites (tertiary alicyclic amines) is 1. The maximum Gasteiger partial charge on any atom is 0.107 e. The Balaban J connectivity index is 2.64. The van der Waals surface area contributed by atoms with Gasteiger partial charge in [-0.1, -0.05) is 20.1 Å². The van der Waals surface area contributed by atoms with Crippen molar-refractivity contribution >= 4 is 0 Å². The van der Waals surface area contributed by atoms with Crippen LogP contribution in [0.4, 0.5) is 0 Å². The number of nitrogens with zero attached hydrogens (tertiary/aromatic N) is 1. The summed E-state index contributed by atoms with van der Waals surface area (Å²) < 4.78 is 0. The van der Waals surface area contributed by atoms with Crippen LogP contribution in [-0.2, 0) is 0 Å². The summed E-state index contributed by atoms with van der Waals surface area (Å²) in [6.45, 7) is 10.4. The van der Waals surface area contributed by atoms with Crippen molar-refractivity contribution < 1.29 is 5.11 Å². The molecule has 2 heteroatoms. The Morgan fingerprint density at radius 1 is 1.73 bits per heavy atom. The summed E-state index contributed by atoms with van der Waals surface area (Å²) in [4.78, 5) is 2.03. The van der Waals surface area contributed by atoms with E-state index in [-0.39, 0.29) is 11.8 Å². The van der Waals surface area contributed by atoms with E-state index in [0.717, 1.165) is 13.0 Å². The average molecular weight is 153 g/mol. The minimum atomic E-state index is 0.0995. The van der Waals surface area contributed by atoms with Gasteiger partial charge >= 0.3 is 0 Å². The van der Waals surface area contributed by atoms with Gasteiger partial charge in [-0.2, -0.15) is 0 Å². The fraction of sp³-hybridized carbons (Fsp3) is 0.556. The number of hydrogen-bond acceptors (Lipinski definition) is 2. The van der Waals surface area contributed by atoms with Crippen LogP contribution in [-0.4, -0.2) is 22.6 Å². The van der Waals surface area contributed by atoms with E-state index in [0.29, 0.717) is 5.92 Å². The molecular weight excluding hydrogens is 138 g/mol. The Kier molecular flexibility index (Phi) is 2.22. The van der Waals surface area contributed by atoms with Crippen molar-refractivity contribution in [1.82, 2.24) is 4.90 Å². The van der Waals surface area contributed by atoms with Crippen LogP contribution in [0.1, 0.15) is 13.3 Å². The summed E-state index contributed by atoms with van der Waals surface area (Å²) in [6.07, 6.45) is 2.76. The summed E-state index contributed by atoms with van der Waals surface area (Å²) in [7, 11) is 0. The van der Waals surface area contributed by atoms with Crippen LogP contribution in [0.2, 0.25) is 0 Å². The molecule has 2 nitrogen and oxygen atoms in total. The summed E-state index contributed by atoms with van der Waals surface area (Å²) in [6, 6.07) is 0.0995.